The molecule has 0 bridgehead atoms. The zero-order valence-electron chi connectivity index (χ0n) is 8.47. The predicted octanol–water partition coefficient (Wildman–Crippen LogP) is 3.00. The van der Waals surface area contributed by atoms with Crippen molar-refractivity contribution in [3.05, 3.63) is 59.9 Å². The molecule has 1 aromatic heterocycles. The standard InChI is InChI=1S/C12H10BrNO2/c13-14-8-4-7-11(14)12(15)16-9-10-5-2-1-3-6-10/h1-8H,9H2. The van der Waals surface area contributed by atoms with Gasteiger partial charge in [-0.2, -0.15) is 0 Å². The van der Waals surface area contributed by atoms with Crippen molar-refractivity contribution in [3.8, 4) is 0 Å². The van der Waals surface area contributed by atoms with Crippen molar-refractivity contribution in [2.24, 2.45) is 0 Å². The highest BCUT2D eigenvalue weighted by Crippen LogP contribution is 2.09. The predicted molar refractivity (Wildman–Crippen MR) is 64.3 cm³/mol. The van der Waals surface area contributed by atoms with Crippen LogP contribution in [0.1, 0.15) is 16.1 Å². The van der Waals surface area contributed by atoms with Crippen LogP contribution in [0.5, 0.6) is 0 Å². The second kappa shape index (κ2) is 4.99. The summed E-state index contributed by atoms with van der Waals surface area (Å²) >= 11 is 3.21. The fourth-order valence-corrected chi connectivity index (χ4v) is 1.71. The van der Waals surface area contributed by atoms with Crippen LogP contribution in [0.4, 0.5) is 0 Å². The average molecular weight is 280 g/mol. The van der Waals surface area contributed by atoms with E-state index in [0.29, 0.717) is 5.69 Å². The summed E-state index contributed by atoms with van der Waals surface area (Å²) in [4.78, 5) is 11.6. The highest BCUT2D eigenvalue weighted by Gasteiger charge is 2.10. The van der Waals surface area contributed by atoms with Crippen LogP contribution in [-0.2, 0) is 11.3 Å². The fraction of sp³-hybridized carbons (Fsp3) is 0.0833. The van der Waals surface area contributed by atoms with E-state index in [0.717, 1.165) is 5.56 Å². The third-order valence-electron chi connectivity index (χ3n) is 2.12. The number of halogens is 1. The number of nitrogens with zero attached hydrogens (tertiary/aromatic N) is 1. The number of esters is 1. The molecule has 3 nitrogen and oxygen atoms in total. The van der Waals surface area contributed by atoms with Gasteiger partial charge in [-0.3, -0.25) is 3.59 Å². The van der Waals surface area contributed by atoms with E-state index >= 15 is 0 Å². The number of hydrogen-bond acceptors (Lipinski definition) is 2. The van der Waals surface area contributed by atoms with Gasteiger partial charge < -0.3 is 4.74 Å². The summed E-state index contributed by atoms with van der Waals surface area (Å²) in [5.41, 5.74) is 1.46. The van der Waals surface area contributed by atoms with Crippen LogP contribution in [0.15, 0.2) is 48.7 Å². The van der Waals surface area contributed by atoms with E-state index in [1.165, 1.54) is 0 Å². The van der Waals surface area contributed by atoms with Crippen molar-refractivity contribution in [2.75, 3.05) is 0 Å². The van der Waals surface area contributed by atoms with Gasteiger partial charge in [0.15, 0.2) is 0 Å². The zero-order chi connectivity index (χ0) is 11.4. The lowest BCUT2D eigenvalue weighted by Gasteiger charge is -2.04. The molecule has 0 saturated heterocycles. The van der Waals surface area contributed by atoms with Gasteiger partial charge in [0.2, 0.25) is 0 Å². The molecule has 0 aliphatic rings. The Balaban J connectivity index is 1.97. The first-order valence-corrected chi connectivity index (χ1v) is 5.53. The first-order valence-electron chi connectivity index (χ1n) is 4.82. The average Bonchev–Trinajstić information content (AvgIpc) is 2.74. The minimum absolute atomic E-state index is 0.290. The second-order valence-electron chi connectivity index (χ2n) is 3.27. The Labute approximate surface area is 102 Å². The van der Waals surface area contributed by atoms with E-state index in [-0.39, 0.29) is 12.6 Å². The Morgan fingerprint density at radius 1 is 1.19 bits per heavy atom. The molecule has 4 heteroatoms. The smallest absolute Gasteiger partial charge is 0.356 e. The number of ether oxygens (including phenoxy) is 1. The summed E-state index contributed by atoms with van der Waals surface area (Å²) < 4.78 is 6.72. The molecular formula is C12H10BrNO2. The van der Waals surface area contributed by atoms with E-state index in [4.69, 9.17) is 4.74 Å². The third-order valence-corrected chi connectivity index (χ3v) is 2.74. The number of hydrogen-bond donors (Lipinski definition) is 0. The minimum Gasteiger partial charge on any atom is -0.456 e. The molecule has 82 valence electrons. The Morgan fingerprint density at radius 3 is 2.56 bits per heavy atom. The number of rotatable bonds is 3. The van der Waals surface area contributed by atoms with Crippen molar-refractivity contribution >= 4 is 22.1 Å². The monoisotopic (exact) mass is 279 g/mol. The minimum atomic E-state index is -0.342. The van der Waals surface area contributed by atoms with Gasteiger partial charge in [-0.25, -0.2) is 4.79 Å². The highest BCUT2D eigenvalue weighted by molar-refractivity contribution is 9.08. The maximum absolute atomic E-state index is 11.6. The van der Waals surface area contributed by atoms with E-state index in [2.05, 4.69) is 16.1 Å². The molecule has 0 spiro atoms. The van der Waals surface area contributed by atoms with Crippen LogP contribution < -0.4 is 0 Å². The van der Waals surface area contributed by atoms with Gasteiger partial charge in [0.25, 0.3) is 0 Å². The van der Waals surface area contributed by atoms with E-state index < -0.39 is 0 Å². The van der Waals surface area contributed by atoms with Crippen molar-refractivity contribution in [1.29, 1.82) is 0 Å². The molecule has 1 aromatic carbocycles. The maximum Gasteiger partial charge on any atom is 0.356 e. The van der Waals surface area contributed by atoms with Crippen LogP contribution in [0.25, 0.3) is 0 Å². The molecule has 1 heterocycles. The molecule has 2 rings (SSSR count). The number of carbonyl (C=O) groups is 1. The van der Waals surface area contributed by atoms with Gasteiger partial charge in [0.05, 0.1) is 16.1 Å². The quantitative estimate of drug-likeness (QED) is 0.809. The summed E-state index contributed by atoms with van der Waals surface area (Å²) in [6, 6.07) is 13.1. The van der Waals surface area contributed by atoms with E-state index in [9.17, 15) is 4.79 Å². The Morgan fingerprint density at radius 2 is 1.94 bits per heavy atom. The molecule has 0 aliphatic heterocycles. The van der Waals surface area contributed by atoms with Gasteiger partial charge in [-0.1, -0.05) is 30.3 Å². The van der Waals surface area contributed by atoms with Crippen molar-refractivity contribution < 1.29 is 9.53 Å². The molecule has 0 radical (unpaired) electrons. The zero-order valence-corrected chi connectivity index (χ0v) is 10.1. The summed E-state index contributed by atoms with van der Waals surface area (Å²) in [7, 11) is 0. The Hall–Kier alpha value is -1.55. The largest absolute Gasteiger partial charge is 0.456 e. The van der Waals surface area contributed by atoms with Gasteiger partial charge >= 0.3 is 5.97 Å². The van der Waals surface area contributed by atoms with Crippen molar-refractivity contribution in [2.45, 2.75) is 6.61 Å². The molecule has 0 fully saturated rings. The van der Waals surface area contributed by atoms with Crippen molar-refractivity contribution in [3.63, 3.8) is 0 Å². The molecule has 0 saturated carbocycles. The first-order chi connectivity index (χ1) is 7.77. The van der Waals surface area contributed by atoms with Crippen LogP contribution in [-0.4, -0.2) is 9.56 Å². The summed E-state index contributed by atoms with van der Waals surface area (Å²) in [5.74, 6) is -0.342. The van der Waals surface area contributed by atoms with E-state index in [1.54, 1.807) is 21.9 Å². The van der Waals surface area contributed by atoms with E-state index in [1.807, 2.05) is 30.3 Å². The molecule has 0 atom stereocenters. The molecule has 2 aromatic rings. The van der Waals surface area contributed by atoms with Gasteiger partial charge in [-0.15, -0.1) is 0 Å². The lowest BCUT2D eigenvalue weighted by molar-refractivity contribution is 0.0465. The highest BCUT2D eigenvalue weighted by atomic mass is 79.9. The van der Waals surface area contributed by atoms with Gasteiger partial charge in [-0.05, 0) is 17.7 Å². The SMILES string of the molecule is O=C(OCc1ccccc1)c1cccn1Br. The lowest BCUT2D eigenvalue weighted by atomic mass is 10.2. The maximum atomic E-state index is 11.6. The van der Waals surface area contributed by atoms with Crippen LogP contribution in [0.2, 0.25) is 0 Å². The number of aromatic nitrogens is 1. The normalized spacial score (nSPS) is 10.1. The Bertz CT molecular complexity index is 479. The molecule has 16 heavy (non-hydrogen) atoms. The first kappa shape index (κ1) is 11.0. The Kier molecular flexibility index (Phi) is 3.41. The fourth-order valence-electron chi connectivity index (χ4n) is 1.31. The molecular weight excluding hydrogens is 270 g/mol. The second-order valence-corrected chi connectivity index (χ2v) is 4.03. The van der Waals surface area contributed by atoms with Gasteiger partial charge in [0, 0.05) is 6.20 Å². The van der Waals surface area contributed by atoms with Crippen LogP contribution in [0.3, 0.4) is 0 Å². The molecule has 0 unspecified atom stereocenters. The summed E-state index contributed by atoms with van der Waals surface area (Å²) in [6.07, 6.45) is 1.74. The van der Waals surface area contributed by atoms with Crippen LogP contribution >= 0.6 is 16.1 Å². The lowest BCUT2D eigenvalue weighted by Crippen LogP contribution is -2.07. The van der Waals surface area contributed by atoms with Gasteiger partial charge in [0.1, 0.15) is 12.3 Å². The van der Waals surface area contributed by atoms with Crippen molar-refractivity contribution in [1.82, 2.24) is 3.59 Å². The molecule has 0 aliphatic carbocycles. The third kappa shape index (κ3) is 2.52. The molecule has 0 amide bonds. The summed E-state index contributed by atoms with van der Waals surface area (Å²) in [6.45, 7) is 0.290. The number of carbonyl (C=O) groups excluding carboxylic acids is 1. The van der Waals surface area contributed by atoms with Crippen LogP contribution in [0, 0.1) is 0 Å². The topological polar surface area (TPSA) is 31.2 Å². The summed E-state index contributed by atoms with van der Waals surface area (Å²) in [5, 5.41) is 0. The number of benzene rings is 1. The molecule has 0 N–H and O–H groups in total.